The number of hydrogen-bond donors (Lipinski definition) is 1. The Balaban J connectivity index is 2.44. The Morgan fingerprint density at radius 3 is 2.57 bits per heavy atom. The molecule has 2 atom stereocenters. The largest absolute Gasteiger partial charge is 0.481 e. The lowest BCUT2D eigenvalue weighted by Gasteiger charge is -2.16. The van der Waals surface area contributed by atoms with Gasteiger partial charge in [0.15, 0.2) is 0 Å². The van der Waals surface area contributed by atoms with Crippen LogP contribution in [0.5, 0.6) is 0 Å². The fourth-order valence-electron chi connectivity index (χ4n) is 2.43. The molecule has 0 radical (unpaired) electrons. The van der Waals surface area contributed by atoms with Gasteiger partial charge in [-0.25, -0.2) is 12.8 Å². The van der Waals surface area contributed by atoms with Crippen molar-refractivity contribution < 1.29 is 27.6 Å². The molecule has 0 amide bonds. The molecule has 0 aromatic heterocycles. The van der Waals surface area contributed by atoms with Crippen LogP contribution >= 0.6 is 11.6 Å². The van der Waals surface area contributed by atoms with Crippen LogP contribution in [0.2, 0.25) is 5.02 Å². The van der Waals surface area contributed by atoms with Gasteiger partial charge in [-0.15, -0.1) is 0 Å². The van der Waals surface area contributed by atoms with E-state index in [4.69, 9.17) is 16.7 Å². The van der Waals surface area contributed by atoms with Crippen molar-refractivity contribution in [2.75, 3.05) is 13.1 Å². The standard InChI is InChI=1S/C12H12ClFN2O6S/c1-6-4-15(5-7(6)12(17)18)23(21,22)11-2-8(13)10(16(19)20)3-9(11)14/h2-3,6-7H,4-5H2,1H3,(H,17,18)/t6-,7-/m1/s1. The lowest BCUT2D eigenvalue weighted by atomic mass is 9.99. The maximum absolute atomic E-state index is 14.0. The molecule has 0 unspecified atom stereocenters. The zero-order valence-corrected chi connectivity index (χ0v) is 13.3. The van der Waals surface area contributed by atoms with Gasteiger partial charge in [0.25, 0.3) is 5.69 Å². The van der Waals surface area contributed by atoms with Crippen LogP contribution in [0.15, 0.2) is 17.0 Å². The molecule has 1 aromatic carbocycles. The summed E-state index contributed by atoms with van der Waals surface area (Å²) in [6, 6.07) is 1.10. The Morgan fingerprint density at radius 1 is 1.48 bits per heavy atom. The molecule has 0 aliphatic carbocycles. The molecule has 23 heavy (non-hydrogen) atoms. The quantitative estimate of drug-likeness (QED) is 0.640. The molecule has 1 aliphatic rings. The van der Waals surface area contributed by atoms with Crippen LogP contribution < -0.4 is 0 Å². The van der Waals surface area contributed by atoms with Gasteiger partial charge in [-0.2, -0.15) is 4.31 Å². The summed E-state index contributed by atoms with van der Waals surface area (Å²) >= 11 is 5.63. The van der Waals surface area contributed by atoms with E-state index in [-0.39, 0.29) is 13.1 Å². The first-order valence-electron chi connectivity index (χ1n) is 6.42. The van der Waals surface area contributed by atoms with Gasteiger partial charge in [-0.1, -0.05) is 18.5 Å². The van der Waals surface area contributed by atoms with E-state index in [9.17, 15) is 27.7 Å². The van der Waals surface area contributed by atoms with Gasteiger partial charge < -0.3 is 5.11 Å². The van der Waals surface area contributed by atoms with Gasteiger partial charge in [0, 0.05) is 13.1 Å². The number of benzene rings is 1. The highest BCUT2D eigenvalue weighted by atomic mass is 35.5. The minimum absolute atomic E-state index is 0.0899. The van der Waals surface area contributed by atoms with Crippen molar-refractivity contribution >= 4 is 33.3 Å². The molecule has 1 heterocycles. The van der Waals surface area contributed by atoms with Crippen LogP contribution in [0, 0.1) is 27.8 Å². The number of rotatable bonds is 4. The van der Waals surface area contributed by atoms with Crippen molar-refractivity contribution in [1.29, 1.82) is 0 Å². The summed E-state index contributed by atoms with van der Waals surface area (Å²) in [6.07, 6.45) is 0. The van der Waals surface area contributed by atoms with E-state index >= 15 is 0 Å². The molecule has 2 rings (SSSR count). The topological polar surface area (TPSA) is 118 Å². The average Bonchev–Trinajstić information content (AvgIpc) is 2.83. The summed E-state index contributed by atoms with van der Waals surface area (Å²) in [4.78, 5) is 20.0. The van der Waals surface area contributed by atoms with Crippen molar-refractivity contribution in [1.82, 2.24) is 4.31 Å². The first-order valence-corrected chi connectivity index (χ1v) is 8.24. The molecule has 1 N–H and O–H groups in total. The van der Waals surface area contributed by atoms with E-state index in [1.807, 2.05) is 0 Å². The van der Waals surface area contributed by atoms with Crippen LogP contribution in [0.3, 0.4) is 0 Å². The first-order chi connectivity index (χ1) is 10.6. The van der Waals surface area contributed by atoms with Crippen LogP contribution in [-0.4, -0.2) is 41.8 Å². The molecular formula is C12H12ClFN2O6S. The third kappa shape index (κ3) is 3.14. The van der Waals surface area contributed by atoms with E-state index < -0.39 is 54.2 Å². The number of aliphatic carboxylic acids is 1. The highest BCUT2D eigenvalue weighted by Crippen LogP contribution is 2.34. The van der Waals surface area contributed by atoms with Crippen LogP contribution in [0.4, 0.5) is 10.1 Å². The van der Waals surface area contributed by atoms with Gasteiger partial charge in [-0.05, 0) is 12.0 Å². The first kappa shape index (κ1) is 17.6. The molecule has 11 heteroatoms. The third-order valence-corrected chi connectivity index (χ3v) is 5.86. The van der Waals surface area contributed by atoms with Crippen molar-refractivity contribution in [3.63, 3.8) is 0 Å². The number of nitrogens with zero attached hydrogens (tertiary/aromatic N) is 2. The van der Waals surface area contributed by atoms with Crippen LogP contribution in [0.25, 0.3) is 0 Å². The SMILES string of the molecule is C[C@@H]1CN(S(=O)(=O)c2cc(Cl)c([N+](=O)[O-])cc2F)C[C@H]1C(=O)O. The molecular weight excluding hydrogens is 355 g/mol. The summed E-state index contributed by atoms with van der Waals surface area (Å²) in [5.74, 6) is -3.80. The third-order valence-electron chi connectivity index (χ3n) is 3.71. The molecule has 8 nitrogen and oxygen atoms in total. The van der Waals surface area contributed by atoms with Crippen molar-refractivity contribution in [3.8, 4) is 0 Å². The summed E-state index contributed by atoms with van der Waals surface area (Å²) in [5, 5.41) is 19.2. The van der Waals surface area contributed by atoms with E-state index in [1.54, 1.807) is 6.92 Å². The Hall–Kier alpha value is -1.78. The minimum atomic E-state index is -4.35. The number of carboxylic acids is 1. The highest BCUT2D eigenvalue weighted by Gasteiger charge is 2.42. The molecule has 0 spiro atoms. The minimum Gasteiger partial charge on any atom is -0.481 e. The number of carboxylic acid groups (broad SMARTS) is 1. The molecule has 1 saturated heterocycles. The van der Waals surface area contributed by atoms with Crippen molar-refractivity contribution in [2.24, 2.45) is 11.8 Å². The van der Waals surface area contributed by atoms with Crippen molar-refractivity contribution in [3.05, 3.63) is 33.1 Å². The van der Waals surface area contributed by atoms with Gasteiger partial charge in [0.2, 0.25) is 10.0 Å². The van der Waals surface area contributed by atoms with E-state index in [0.717, 1.165) is 4.31 Å². The predicted octanol–water partition coefficient (Wildman–Crippen LogP) is 1.73. The molecule has 0 bridgehead atoms. The number of nitro benzene ring substituents is 1. The number of sulfonamides is 1. The Kier molecular flexibility index (Phi) is 4.60. The number of carbonyl (C=O) groups is 1. The average molecular weight is 367 g/mol. The number of nitro groups is 1. The lowest BCUT2D eigenvalue weighted by molar-refractivity contribution is -0.384. The molecule has 1 aliphatic heterocycles. The van der Waals surface area contributed by atoms with E-state index in [0.29, 0.717) is 12.1 Å². The number of hydrogen-bond acceptors (Lipinski definition) is 5. The Labute approximate surface area is 135 Å². The maximum Gasteiger partial charge on any atom is 0.308 e. The molecule has 1 aromatic rings. The molecule has 126 valence electrons. The summed E-state index contributed by atoms with van der Waals surface area (Å²) in [6.45, 7) is 1.19. The van der Waals surface area contributed by atoms with Gasteiger partial charge in [0.1, 0.15) is 15.7 Å². The fraction of sp³-hybridized carbons (Fsp3) is 0.417. The van der Waals surface area contributed by atoms with E-state index in [2.05, 4.69) is 0 Å². The normalized spacial score (nSPS) is 22.2. The molecule has 1 fully saturated rings. The van der Waals surface area contributed by atoms with E-state index in [1.165, 1.54) is 0 Å². The van der Waals surface area contributed by atoms with Crippen LogP contribution in [-0.2, 0) is 14.8 Å². The second kappa shape index (κ2) is 6.02. The Bertz CT molecular complexity index is 784. The van der Waals surface area contributed by atoms with Gasteiger partial charge in [0.05, 0.1) is 16.9 Å². The van der Waals surface area contributed by atoms with Gasteiger partial charge >= 0.3 is 5.97 Å². The zero-order valence-electron chi connectivity index (χ0n) is 11.8. The predicted molar refractivity (Wildman–Crippen MR) is 77.1 cm³/mol. The summed E-state index contributed by atoms with van der Waals surface area (Å²) in [7, 11) is -4.35. The second-order valence-corrected chi connectivity index (χ2v) is 7.55. The summed E-state index contributed by atoms with van der Waals surface area (Å²) < 4.78 is 39.8. The van der Waals surface area contributed by atoms with Gasteiger partial charge in [-0.3, -0.25) is 14.9 Å². The molecule has 0 saturated carbocycles. The second-order valence-electron chi connectivity index (χ2n) is 5.24. The van der Waals surface area contributed by atoms with Crippen molar-refractivity contribution in [2.45, 2.75) is 11.8 Å². The lowest BCUT2D eigenvalue weighted by Crippen LogP contribution is -2.30. The smallest absolute Gasteiger partial charge is 0.308 e. The maximum atomic E-state index is 14.0. The monoisotopic (exact) mass is 366 g/mol. The van der Waals surface area contributed by atoms with Crippen LogP contribution in [0.1, 0.15) is 6.92 Å². The highest BCUT2D eigenvalue weighted by molar-refractivity contribution is 7.89. The fourth-order valence-corrected chi connectivity index (χ4v) is 4.37. The number of halogens is 2. The summed E-state index contributed by atoms with van der Waals surface area (Å²) in [5.41, 5.74) is -0.749. The zero-order chi connectivity index (χ0) is 17.5. The Morgan fingerprint density at radius 2 is 2.09 bits per heavy atom.